The molecule has 0 aliphatic rings. The summed E-state index contributed by atoms with van der Waals surface area (Å²) in [6.07, 6.45) is 0.0858. The minimum absolute atomic E-state index is 0.0361. The molecule has 4 rings (SSSR count). The number of ether oxygens (including phenoxy) is 1. The molecule has 2 aromatic heterocycles. The molecule has 0 spiro atoms. The fraction of sp³-hybridized carbons (Fsp3) is 0.174. The van der Waals surface area contributed by atoms with Crippen LogP contribution in [0.3, 0.4) is 0 Å². The van der Waals surface area contributed by atoms with Gasteiger partial charge in [0, 0.05) is 29.6 Å². The van der Waals surface area contributed by atoms with Crippen LogP contribution >= 0.6 is 11.8 Å². The number of thioether (sulfide) groups is 1. The van der Waals surface area contributed by atoms with Crippen LogP contribution in [0, 0.1) is 5.82 Å². The van der Waals surface area contributed by atoms with Crippen LogP contribution in [0.15, 0.2) is 69.3 Å². The maximum Gasteiger partial charge on any atom is 0.325 e. The number of benzene rings is 2. The molecule has 4 aromatic rings. The van der Waals surface area contributed by atoms with Crippen LogP contribution in [-0.2, 0) is 11.2 Å². The van der Waals surface area contributed by atoms with Gasteiger partial charge in [-0.3, -0.25) is 19.1 Å². The van der Waals surface area contributed by atoms with Gasteiger partial charge >= 0.3 is 5.69 Å². The quantitative estimate of drug-likeness (QED) is 0.303. The normalized spacial score (nSPS) is 10.8. The van der Waals surface area contributed by atoms with E-state index in [4.69, 9.17) is 4.74 Å². The van der Waals surface area contributed by atoms with E-state index in [0.717, 1.165) is 11.8 Å². The van der Waals surface area contributed by atoms with E-state index in [1.807, 2.05) is 6.92 Å². The number of carbonyl (C=O) groups is 1. The second kappa shape index (κ2) is 10.8. The van der Waals surface area contributed by atoms with Gasteiger partial charge in [-0.25, -0.2) is 9.18 Å². The number of halogens is 1. The second-order valence-electron chi connectivity index (χ2n) is 7.29. The summed E-state index contributed by atoms with van der Waals surface area (Å²) in [5.74, 6) is 0.474. The zero-order valence-electron chi connectivity index (χ0n) is 18.6. The van der Waals surface area contributed by atoms with Gasteiger partial charge in [-0.1, -0.05) is 11.8 Å². The molecular weight excluding hydrogens is 475 g/mol. The van der Waals surface area contributed by atoms with Crippen molar-refractivity contribution < 1.29 is 13.9 Å². The van der Waals surface area contributed by atoms with Crippen molar-refractivity contribution in [3.05, 3.63) is 92.8 Å². The van der Waals surface area contributed by atoms with Gasteiger partial charge in [0.15, 0.2) is 5.16 Å². The molecule has 3 N–H and O–H groups in total. The maximum atomic E-state index is 13.5. The molecule has 2 heterocycles. The Morgan fingerprint density at radius 3 is 2.51 bits per heavy atom. The van der Waals surface area contributed by atoms with Crippen LogP contribution in [0.2, 0.25) is 0 Å². The summed E-state index contributed by atoms with van der Waals surface area (Å²) in [5, 5.41) is 11.5. The highest BCUT2D eigenvalue weighted by atomic mass is 32.2. The van der Waals surface area contributed by atoms with Crippen molar-refractivity contribution in [1.82, 2.24) is 24.7 Å². The van der Waals surface area contributed by atoms with Crippen LogP contribution < -0.4 is 21.3 Å². The molecule has 10 nitrogen and oxygen atoms in total. The Labute approximate surface area is 202 Å². The van der Waals surface area contributed by atoms with E-state index in [1.54, 1.807) is 41.0 Å². The minimum Gasteiger partial charge on any atom is -0.494 e. The number of aromatic nitrogens is 5. The highest BCUT2D eigenvalue weighted by Crippen LogP contribution is 2.24. The van der Waals surface area contributed by atoms with Crippen LogP contribution in [-0.4, -0.2) is 43.0 Å². The zero-order valence-corrected chi connectivity index (χ0v) is 19.4. The Hall–Kier alpha value is -4.19. The average Bonchev–Trinajstić information content (AvgIpc) is 3.21. The van der Waals surface area contributed by atoms with Gasteiger partial charge in [0.1, 0.15) is 17.4 Å². The monoisotopic (exact) mass is 496 g/mol. The number of hydrogen-bond acceptors (Lipinski definition) is 7. The summed E-state index contributed by atoms with van der Waals surface area (Å²) in [6.45, 7) is 2.44. The smallest absolute Gasteiger partial charge is 0.325 e. The third-order valence-electron chi connectivity index (χ3n) is 4.73. The molecule has 0 unspecified atom stereocenters. The third-order valence-corrected chi connectivity index (χ3v) is 5.66. The molecule has 0 saturated carbocycles. The van der Waals surface area contributed by atoms with Crippen LogP contribution in [0.1, 0.15) is 18.4 Å². The summed E-state index contributed by atoms with van der Waals surface area (Å²) in [6, 6.07) is 14.0. The van der Waals surface area contributed by atoms with Crippen molar-refractivity contribution in [2.45, 2.75) is 18.5 Å². The number of nitrogens with zero attached hydrogens (tertiary/aromatic N) is 3. The first-order valence-electron chi connectivity index (χ1n) is 10.6. The maximum absolute atomic E-state index is 13.5. The Balaban J connectivity index is 1.53. The first kappa shape index (κ1) is 24.0. The van der Waals surface area contributed by atoms with E-state index in [-0.39, 0.29) is 18.1 Å². The van der Waals surface area contributed by atoms with E-state index in [0.29, 0.717) is 40.4 Å². The minimum atomic E-state index is -0.638. The Morgan fingerprint density at radius 1 is 1.09 bits per heavy atom. The first-order chi connectivity index (χ1) is 16.9. The van der Waals surface area contributed by atoms with Crippen LogP contribution in [0.5, 0.6) is 5.75 Å². The number of hydrogen-bond donors (Lipinski definition) is 3. The average molecular weight is 497 g/mol. The Morgan fingerprint density at radius 2 is 1.83 bits per heavy atom. The van der Waals surface area contributed by atoms with Crippen molar-refractivity contribution in [1.29, 1.82) is 0 Å². The predicted octanol–water partition coefficient (Wildman–Crippen LogP) is 2.50. The summed E-state index contributed by atoms with van der Waals surface area (Å²) in [7, 11) is 0. The van der Waals surface area contributed by atoms with E-state index in [9.17, 15) is 18.8 Å². The highest BCUT2D eigenvalue weighted by molar-refractivity contribution is 7.99. The molecule has 0 aliphatic heterocycles. The summed E-state index contributed by atoms with van der Waals surface area (Å²) < 4.78 is 20.6. The second-order valence-corrected chi connectivity index (χ2v) is 8.24. The van der Waals surface area contributed by atoms with Gasteiger partial charge in [0.25, 0.3) is 5.56 Å². The van der Waals surface area contributed by atoms with Crippen LogP contribution in [0.4, 0.5) is 10.1 Å². The molecular formula is C23H21FN6O4S. The molecule has 12 heteroatoms. The molecule has 0 fully saturated rings. The van der Waals surface area contributed by atoms with Gasteiger partial charge in [-0.05, 0) is 55.5 Å². The standard InChI is InChI=1S/C23H21FN6O4S/c1-2-34-18-9-5-15(6-10-18)25-21(32)13-35-23-29-28-19(11-16-12-20(31)27-22(33)26-16)30(23)17-7-3-14(24)4-8-17/h3-10,12H,2,11,13H2,1H3,(H,25,32)(H2,26,27,31,33). The Kier molecular flexibility index (Phi) is 7.41. The van der Waals surface area contributed by atoms with E-state index in [1.165, 1.54) is 18.2 Å². The number of nitrogens with one attached hydrogen (secondary N) is 3. The van der Waals surface area contributed by atoms with Gasteiger partial charge in [0.05, 0.1) is 12.4 Å². The lowest BCUT2D eigenvalue weighted by atomic mass is 10.2. The van der Waals surface area contributed by atoms with Gasteiger partial charge in [0.2, 0.25) is 5.91 Å². The van der Waals surface area contributed by atoms with Crippen molar-refractivity contribution in [3.8, 4) is 11.4 Å². The van der Waals surface area contributed by atoms with Gasteiger partial charge in [-0.2, -0.15) is 0 Å². The largest absolute Gasteiger partial charge is 0.494 e. The Bertz CT molecular complexity index is 1400. The number of H-pyrrole nitrogens is 2. The van der Waals surface area contributed by atoms with Crippen molar-refractivity contribution in [3.63, 3.8) is 0 Å². The molecule has 180 valence electrons. The number of carbonyl (C=O) groups excluding carboxylic acids is 1. The van der Waals surface area contributed by atoms with E-state index >= 15 is 0 Å². The topological polar surface area (TPSA) is 135 Å². The highest BCUT2D eigenvalue weighted by Gasteiger charge is 2.17. The molecule has 2 aromatic carbocycles. The lowest BCUT2D eigenvalue weighted by Gasteiger charge is -2.11. The zero-order chi connectivity index (χ0) is 24.8. The van der Waals surface area contributed by atoms with Gasteiger partial charge in [-0.15, -0.1) is 10.2 Å². The molecule has 35 heavy (non-hydrogen) atoms. The first-order valence-corrected chi connectivity index (χ1v) is 11.6. The molecule has 0 radical (unpaired) electrons. The molecule has 0 saturated heterocycles. The molecule has 0 atom stereocenters. The lowest BCUT2D eigenvalue weighted by molar-refractivity contribution is -0.113. The SMILES string of the molecule is CCOc1ccc(NC(=O)CSc2nnc(Cc3cc(=O)[nH]c(=O)[nH]3)n2-c2ccc(F)cc2)cc1. The van der Waals surface area contributed by atoms with Crippen LogP contribution in [0.25, 0.3) is 5.69 Å². The lowest BCUT2D eigenvalue weighted by Crippen LogP contribution is -2.23. The molecule has 0 bridgehead atoms. The molecule has 1 amide bonds. The van der Waals surface area contributed by atoms with Gasteiger partial charge < -0.3 is 15.0 Å². The fourth-order valence-electron chi connectivity index (χ4n) is 3.27. The number of anilines is 1. The number of amides is 1. The van der Waals surface area contributed by atoms with Crippen molar-refractivity contribution >= 4 is 23.4 Å². The summed E-state index contributed by atoms with van der Waals surface area (Å²) in [5.41, 5.74) is 0.336. The van der Waals surface area contributed by atoms with E-state index < -0.39 is 17.1 Å². The van der Waals surface area contributed by atoms with Crippen molar-refractivity contribution in [2.75, 3.05) is 17.7 Å². The predicted molar refractivity (Wildman–Crippen MR) is 129 cm³/mol. The number of aromatic amines is 2. The van der Waals surface area contributed by atoms with Crippen molar-refractivity contribution in [2.24, 2.45) is 0 Å². The molecule has 0 aliphatic carbocycles. The number of rotatable bonds is 9. The summed E-state index contributed by atoms with van der Waals surface area (Å²) >= 11 is 1.14. The van der Waals surface area contributed by atoms with E-state index in [2.05, 4.69) is 25.5 Å². The summed E-state index contributed by atoms with van der Waals surface area (Å²) in [4.78, 5) is 40.5. The third kappa shape index (κ3) is 6.23. The fourth-order valence-corrected chi connectivity index (χ4v) is 4.04.